The van der Waals surface area contributed by atoms with Gasteiger partial charge in [0.25, 0.3) is 0 Å². The van der Waals surface area contributed by atoms with Crippen molar-refractivity contribution >= 4 is 23.4 Å². The Morgan fingerprint density at radius 2 is 1.79 bits per heavy atom. The van der Waals surface area contributed by atoms with Crippen LogP contribution in [-0.2, 0) is 15.7 Å². The van der Waals surface area contributed by atoms with Crippen molar-refractivity contribution in [3.8, 4) is 0 Å². The second kappa shape index (κ2) is 8.70. The Morgan fingerprint density at radius 3 is 2.36 bits per heavy atom. The summed E-state index contributed by atoms with van der Waals surface area (Å²) in [6.45, 7) is 6.62. The highest BCUT2D eigenvalue weighted by molar-refractivity contribution is 5.95. The van der Waals surface area contributed by atoms with E-state index in [1.165, 1.54) is 6.07 Å². The van der Waals surface area contributed by atoms with E-state index < -0.39 is 29.3 Å². The zero-order valence-corrected chi connectivity index (χ0v) is 16.3. The molecule has 9 heteroatoms. The van der Waals surface area contributed by atoms with Crippen LogP contribution >= 0.6 is 0 Å². The SMILES string of the molecule is CC(C)(C)OC(=O)NCCC(=O)Nc1cc(C(F)(F)F)ccc1N1CCCC1. The van der Waals surface area contributed by atoms with E-state index in [0.717, 1.165) is 38.1 Å². The molecule has 1 aromatic rings. The number of hydrogen-bond donors (Lipinski definition) is 2. The Hall–Kier alpha value is -2.45. The van der Waals surface area contributed by atoms with E-state index in [1.807, 2.05) is 4.90 Å². The molecular weight excluding hydrogens is 375 g/mol. The van der Waals surface area contributed by atoms with Gasteiger partial charge in [0.1, 0.15) is 5.60 Å². The number of ether oxygens (including phenoxy) is 1. The molecule has 2 rings (SSSR count). The summed E-state index contributed by atoms with van der Waals surface area (Å²) in [6.07, 6.45) is -3.34. The van der Waals surface area contributed by atoms with Crippen LogP contribution in [0.1, 0.15) is 45.6 Å². The zero-order valence-electron chi connectivity index (χ0n) is 16.3. The van der Waals surface area contributed by atoms with Crippen molar-refractivity contribution in [1.82, 2.24) is 5.32 Å². The van der Waals surface area contributed by atoms with Crippen LogP contribution in [0.3, 0.4) is 0 Å². The summed E-state index contributed by atoms with van der Waals surface area (Å²) >= 11 is 0. The van der Waals surface area contributed by atoms with Crippen LogP contribution < -0.4 is 15.5 Å². The molecule has 0 unspecified atom stereocenters. The van der Waals surface area contributed by atoms with E-state index in [-0.39, 0.29) is 18.7 Å². The highest BCUT2D eigenvalue weighted by Gasteiger charge is 2.32. The molecular formula is C19H26F3N3O3. The number of benzene rings is 1. The minimum absolute atomic E-state index is 0.0127. The first-order valence-electron chi connectivity index (χ1n) is 9.18. The zero-order chi connectivity index (χ0) is 20.9. The molecule has 1 aliphatic rings. The Labute approximate surface area is 162 Å². The van der Waals surface area contributed by atoms with Crippen LogP contribution in [0.5, 0.6) is 0 Å². The van der Waals surface area contributed by atoms with Gasteiger partial charge in [-0.05, 0) is 51.8 Å². The largest absolute Gasteiger partial charge is 0.444 e. The fraction of sp³-hybridized carbons (Fsp3) is 0.579. The maximum absolute atomic E-state index is 13.1. The van der Waals surface area contributed by atoms with E-state index in [4.69, 9.17) is 4.74 Å². The van der Waals surface area contributed by atoms with Crippen LogP contribution in [0.4, 0.5) is 29.3 Å². The molecule has 1 fully saturated rings. The number of carbonyl (C=O) groups excluding carboxylic acids is 2. The average molecular weight is 401 g/mol. The summed E-state index contributed by atoms with van der Waals surface area (Å²) in [7, 11) is 0. The average Bonchev–Trinajstić information content (AvgIpc) is 3.06. The standard InChI is InChI=1S/C19H26F3N3O3/c1-18(2,3)28-17(27)23-9-8-16(26)24-14-12-13(19(20,21)22)6-7-15(14)25-10-4-5-11-25/h6-7,12H,4-5,8-11H2,1-3H3,(H,23,27)(H,24,26). The van der Waals surface area contributed by atoms with E-state index in [1.54, 1.807) is 20.8 Å². The van der Waals surface area contributed by atoms with Gasteiger partial charge in [0, 0.05) is 26.1 Å². The van der Waals surface area contributed by atoms with Crippen LogP contribution in [0.25, 0.3) is 0 Å². The molecule has 1 heterocycles. The Kier molecular flexibility index (Phi) is 6.79. The van der Waals surface area contributed by atoms with Gasteiger partial charge >= 0.3 is 12.3 Å². The molecule has 0 spiro atoms. The molecule has 0 radical (unpaired) electrons. The molecule has 2 N–H and O–H groups in total. The number of alkyl halides is 3. The van der Waals surface area contributed by atoms with Crippen molar-refractivity contribution in [2.75, 3.05) is 29.9 Å². The van der Waals surface area contributed by atoms with Crippen molar-refractivity contribution < 1.29 is 27.5 Å². The van der Waals surface area contributed by atoms with E-state index in [2.05, 4.69) is 10.6 Å². The van der Waals surface area contributed by atoms with Gasteiger partial charge in [0.15, 0.2) is 0 Å². The quantitative estimate of drug-likeness (QED) is 0.777. The fourth-order valence-electron chi connectivity index (χ4n) is 2.85. The molecule has 2 amide bonds. The summed E-state index contributed by atoms with van der Waals surface area (Å²) in [5, 5.41) is 5.00. The first-order chi connectivity index (χ1) is 13.0. The minimum atomic E-state index is -4.50. The number of hydrogen-bond acceptors (Lipinski definition) is 4. The maximum Gasteiger partial charge on any atom is 0.416 e. The van der Waals surface area contributed by atoms with Crippen LogP contribution in [-0.4, -0.2) is 37.2 Å². The van der Waals surface area contributed by atoms with Gasteiger partial charge in [-0.25, -0.2) is 4.79 Å². The van der Waals surface area contributed by atoms with Gasteiger partial charge in [-0.15, -0.1) is 0 Å². The van der Waals surface area contributed by atoms with Crippen molar-refractivity contribution in [3.63, 3.8) is 0 Å². The summed E-state index contributed by atoms with van der Waals surface area (Å²) in [4.78, 5) is 25.7. The first-order valence-corrected chi connectivity index (χ1v) is 9.18. The summed E-state index contributed by atoms with van der Waals surface area (Å²) in [6, 6.07) is 3.36. The normalized spacial score (nSPS) is 14.7. The molecule has 6 nitrogen and oxygen atoms in total. The number of nitrogens with zero attached hydrogens (tertiary/aromatic N) is 1. The molecule has 0 saturated carbocycles. The molecule has 0 aromatic heterocycles. The number of anilines is 2. The van der Waals surface area contributed by atoms with Gasteiger partial charge in [0.2, 0.25) is 5.91 Å². The number of halogens is 3. The highest BCUT2D eigenvalue weighted by Crippen LogP contribution is 2.36. The smallest absolute Gasteiger partial charge is 0.416 e. The Balaban J connectivity index is 2.02. The van der Waals surface area contributed by atoms with E-state index in [0.29, 0.717) is 5.69 Å². The Morgan fingerprint density at radius 1 is 1.14 bits per heavy atom. The second-order valence-electron chi connectivity index (χ2n) is 7.65. The molecule has 0 aliphatic carbocycles. The highest BCUT2D eigenvalue weighted by atomic mass is 19.4. The molecule has 156 valence electrons. The van der Waals surface area contributed by atoms with Gasteiger partial charge < -0.3 is 20.3 Å². The number of alkyl carbamates (subject to hydrolysis) is 1. The number of amides is 2. The maximum atomic E-state index is 13.1. The first kappa shape index (κ1) is 21.8. The summed E-state index contributed by atoms with van der Waals surface area (Å²) < 4.78 is 44.2. The van der Waals surface area contributed by atoms with Gasteiger partial charge in [-0.1, -0.05) is 0 Å². The third-order valence-electron chi connectivity index (χ3n) is 4.07. The predicted octanol–water partition coefficient (Wildman–Crippen LogP) is 4.16. The minimum Gasteiger partial charge on any atom is -0.444 e. The topological polar surface area (TPSA) is 70.7 Å². The fourth-order valence-corrected chi connectivity index (χ4v) is 2.85. The molecule has 0 bridgehead atoms. The van der Waals surface area contributed by atoms with Crippen molar-refractivity contribution in [2.24, 2.45) is 0 Å². The monoisotopic (exact) mass is 401 g/mol. The number of rotatable bonds is 5. The van der Waals surface area contributed by atoms with Crippen LogP contribution in [0.15, 0.2) is 18.2 Å². The van der Waals surface area contributed by atoms with Crippen molar-refractivity contribution in [3.05, 3.63) is 23.8 Å². The summed E-state index contributed by atoms with van der Waals surface area (Å²) in [5.74, 6) is -0.490. The molecule has 1 saturated heterocycles. The molecule has 1 aliphatic heterocycles. The lowest BCUT2D eigenvalue weighted by Crippen LogP contribution is -2.34. The lowest BCUT2D eigenvalue weighted by molar-refractivity contribution is -0.137. The lowest BCUT2D eigenvalue weighted by Gasteiger charge is -2.23. The molecule has 28 heavy (non-hydrogen) atoms. The van der Waals surface area contributed by atoms with Crippen LogP contribution in [0, 0.1) is 0 Å². The van der Waals surface area contributed by atoms with Gasteiger partial charge in [-0.2, -0.15) is 13.2 Å². The van der Waals surface area contributed by atoms with Crippen LogP contribution in [0.2, 0.25) is 0 Å². The number of nitrogens with one attached hydrogen (secondary N) is 2. The third-order valence-corrected chi connectivity index (χ3v) is 4.07. The lowest BCUT2D eigenvalue weighted by atomic mass is 10.1. The van der Waals surface area contributed by atoms with E-state index in [9.17, 15) is 22.8 Å². The van der Waals surface area contributed by atoms with Gasteiger partial charge in [0.05, 0.1) is 16.9 Å². The molecule has 1 aromatic carbocycles. The van der Waals surface area contributed by atoms with Crippen molar-refractivity contribution in [2.45, 2.75) is 51.8 Å². The molecule has 0 atom stereocenters. The third kappa shape index (κ3) is 6.61. The Bertz CT molecular complexity index is 709. The van der Waals surface area contributed by atoms with E-state index >= 15 is 0 Å². The number of carbonyl (C=O) groups is 2. The summed E-state index contributed by atoms with van der Waals surface area (Å²) in [5.41, 5.74) is -0.787. The second-order valence-corrected chi connectivity index (χ2v) is 7.65. The predicted molar refractivity (Wildman–Crippen MR) is 100 cm³/mol. The van der Waals surface area contributed by atoms with Crippen molar-refractivity contribution in [1.29, 1.82) is 0 Å². The van der Waals surface area contributed by atoms with Gasteiger partial charge in [-0.3, -0.25) is 4.79 Å².